The fourth-order valence-electron chi connectivity index (χ4n) is 3.14. The molecule has 27 heavy (non-hydrogen) atoms. The van der Waals surface area contributed by atoms with Crippen molar-refractivity contribution in [2.45, 2.75) is 13.0 Å². The van der Waals surface area contributed by atoms with Crippen molar-refractivity contribution in [3.8, 4) is 5.75 Å². The van der Waals surface area contributed by atoms with Gasteiger partial charge < -0.3 is 4.74 Å². The van der Waals surface area contributed by atoms with Crippen LogP contribution in [-0.2, 0) is 13.0 Å². The number of para-hydroxylation sites is 1. The molecule has 0 radical (unpaired) electrons. The van der Waals surface area contributed by atoms with Gasteiger partial charge >= 0.3 is 0 Å². The lowest BCUT2D eigenvalue weighted by Crippen LogP contribution is -2.26. The van der Waals surface area contributed by atoms with E-state index >= 15 is 0 Å². The monoisotopic (exact) mass is 357 g/mol. The lowest BCUT2D eigenvalue weighted by atomic mass is 10.1. The Kier molecular flexibility index (Phi) is 7.25. The molecule has 0 saturated carbocycles. The Morgan fingerprint density at radius 3 is 2.11 bits per heavy atom. The molecule has 0 fully saturated rings. The van der Waals surface area contributed by atoms with Gasteiger partial charge in [-0.3, -0.25) is 4.90 Å². The van der Waals surface area contributed by atoms with E-state index in [1.807, 2.05) is 18.2 Å². The fourth-order valence-corrected chi connectivity index (χ4v) is 3.14. The number of rotatable bonds is 9. The second-order valence-corrected chi connectivity index (χ2v) is 6.60. The van der Waals surface area contributed by atoms with Crippen molar-refractivity contribution in [1.29, 1.82) is 0 Å². The van der Waals surface area contributed by atoms with E-state index in [9.17, 15) is 0 Å². The summed E-state index contributed by atoms with van der Waals surface area (Å²) >= 11 is 0. The van der Waals surface area contributed by atoms with Gasteiger partial charge in [0.2, 0.25) is 0 Å². The molecule has 0 heterocycles. The molecule has 0 bridgehead atoms. The van der Waals surface area contributed by atoms with Gasteiger partial charge in [0.25, 0.3) is 0 Å². The first-order valence-electron chi connectivity index (χ1n) is 9.45. The van der Waals surface area contributed by atoms with Crippen molar-refractivity contribution < 1.29 is 4.74 Å². The first-order valence-corrected chi connectivity index (χ1v) is 9.45. The Bertz CT molecular complexity index is 827. The number of benzene rings is 3. The topological polar surface area (TPSA) is 12.5 Å². The molecule has 3 rings (SSSR count). The first kappa shape index (κ1) is 18.9. The fraction of sp³-hybridized carbons (Fsp3) is 0.200. The summed E-state index contributed by atoms with van der Waals surface area (Å²) in [4.78, 5) is 2.48. The SMILES string of the molecule is COc1ccccc1/C=C/CN(CCc1ccccc1)Cc1ccccc1. The molecular weight excluding hydrogens is 330 g/mol. The van der Waals surface area contributed by atoms with Crippen molar-refractivity contribution in [3.63, 3.8) is 0 Å². The number of ether oxygens (including phenoxy) is 1. The summed E-state index contributed by atoms with van der Waals surface area (Å²) in [6.45, 7) is 2.87. The van der Waals surface area contributed by atoms with Gasteiger partial charge in [0.15, 0.2) is 0 Å². The smallest absolute Gasteiger partial charge is 0.126 e. The van der Waals surface area contributed by atoms with Crippen LogP contribution >= 0.6 is 0 Å². The Balaban J connectivity index is 1.66. The highest BCUT2D eigenvalue weighted by Crippen LogP contribution is 2.18. The highest BCUT2D eigenvalue weighted by atomic mass is 16.5. The zero-order valence-corrected chi connectivity index (χ0v) is 15.9. The van der Waals surface area contributed by atoms with Crippen LogP contribution in [0.15, 0.2) is 91.0 Å². The summed E-state index contributed by atoms with van der Waals surface area (Å²) < 4.78 is 5.44. The molecule has 0 N–H and O–H groups in total. The number of nitrogens with zero attached hydrogens (tertiary/aromatic N) is 1. The molecule has 0 spiro atoms. The minimum Gasteiger partial charge on any atom is -0.496 e. The number of hydrogen-bond donors (Lipinski definition) is 0. The molecule has 3 aromatic rings. The Morgan fingerprint density at radius 1 is 0.778 bits per heavy atom. The van der Waals surface area contributed by atoms with Gasteiger partial charge in [-0.2, -0.15) is 0 Å². The second kappa shape index (κ2) is 10.3. The number of hydrogen-bond acceptors (Lipinski definition) is 2. The summed E-state index contributed by atoms with van der Waals surface area (Å²) in [5.74, 6) is 0.910. The predicted octanol–water partition coefficient (Wildman–Crippen LogP) is 5.45. The van der Waals surface area contributed by atoms with Gasteiger partial charge in [-0.05, 0) is 23.6 Å². The van der Waals surface area contributed by atoms with E-state index in [4.69, 9.17) is 4.74 Å². The van der Waals surface area contributed by atoms with Gasteiger partial charge in [0.1, 0.15) is 5.75 Å². The van der Waals surface area contributed by atoms with Crippen LogP contribution in [0.5, 0.6) is 5.75 Å². The summed E-state index contributed by atoms with van der Waals surface area (Å²) in [5.41, 5.74) is 3.84. The Hall–Kier alpha value is -2.84. The molecule has 0 aromatic heterocycles. The van der Waals surface area contributed by atoms with Crippen LogP contribution in [0, 0.1) is 0 Å². The van der Waals surface area contributed by atoms with Gasteiger partial charge in [-0.1, -0.05) is 91.0 Å². The maximum absolute atomic E-state index is 5.44. The van der Waals surface area contributed by atoms with E-state index in [0.717, 1.165) is 37.4 Å². The van der Waals surface area contributed by atoms with Crippen LogP contribution in [0.2, 0.25) is 0 Å². The third-order valence-corrected chi connectivity index (χ3v) is 4.61. The molecule has 2 heteroatoms. The van der Waals surface area contributed by atoms with E-state index in [-0.39, 0.29) is 0 Å². The van der Waals surface area contributed by atoms with E-state index < -0.39 is 0 Å². The largest absolute Gasteiger partial charge is 0.496 e. The van der Waals surface area contributed by atoms with Gasteiger partial charge in [0.05, 0.1) is 7.11 Å². The van der Waals surface area contributed by atoms with Crippen LogP contribution in [0.3, 0.4) is 0 Å². The average Bonchev–Trinajstić information content (AvgIpc) is 2.73. The molecule has 0 aliphatic heterocycles. The second-order valence-electron chi connectivity index (χ2n) is 6.60. The average molecular weight is 357 g/mol. The van der Waals surface area contributed by atoms with Crippen molar-refractivity contribution in [2.75, 3.05) is 20.2 Å². The van der Waals surface area contributed by atoms with E-state index in [1.54, 1.807) is 7.11 Å². The number of methoxy groups -OCH3 is 1. The quantitative estimate of drug-likeness (QED) is 0.505. The normalized spacial score (nSPS) is 11.2. The van der Waals surface area contributed by atoms with Crippen LogP contribution in [0.4, 0.5) is 0 Å². The molecule has 3 aromatic carbocycles. The van der Waals surface area contributed by atoms with Crippen LogP contribution in [0.25, 0.3) is 6.08 Å². The van der Waals surface area contributed by atoms with Crippen LogP contribution < -0.4 is 4.74 Å². The summed E-state index contributed by atoms with van der Waals surface area (Å²) in [6, 6.07) is 29.5. The van der Waals surface area contributed by atoms with Gasteiger partial charge in [-0.15, -0.1) is 0 Å². The maximum Gasteiger partial charge on any atom is 0.126 e. The molecular formula is C25H27NO. The third kappa shape index (κ3) is 6.12. The van der Waals surface area contributed by atoms with Crippen LogP contribution in [0.1, 0.15) is 16.7 Å². The zero-order valence-electron chi connectivity index (χ0n) is 15.9. The van der Waals surface area contributed by atoms with E-state index in [2.05, 4.69) is 83.8 Å². The highest BCUT2D eigenvalue weighted by molar-refractivity contribution is 5.57. The minimum absolute atomic E-state index is 0.903. The first-order chi connectivity index (χ1) is 13.3. The standard InChI is InChI=1S/C25H27NO/c1-27-25-17-9-8-15-24(25)16-10-19-26(21-23-13-6-3-7-14-23)20-18-22-11-4-2-5-12-22/h2-17H,18-21H2,1H3/b16-10+. The Morgan fingerprint density at radius 2 is 1.41 bits per heavy atom. The molecule has 2 nitrogen and oxygen atoms in total. The third-order valence-electron chi connectivity index (χ3n) is 4.61. The summed E-state index contributed by atoms with van der Waals surface area (Å²) in [6.07, 6.45) is 5.43. The zero-order chi connectivity index (χ0) is 18.7. The van der Waals surface area contributed by atoms with Crippen molar-refractivity contribution in [3.05, 3.63) is 108 Å². The highest BCUT2D eigenvalue weighted by Gasteiger charge is 2.05. The minimum atomic E-state index is 0.903. The lowest BCUT2D eigenvalue weighted by Gasteiger charge is -2.21. The molecule has 0 amide bonds. The Labute approximate surface area is 162 Å². The summed E-state index contributed by atoms with van der Waals surface area (Å²) in [7, 11) is 1.72. The molecule has 138 valence electrons. The molecule has 0 saturated heterocycles. The van der Waals surface area contributed by atoms with Gasteiger partial charge in [0, 0.05) is 25.2 Å². The van der Waals surface area contributed by atoms with Crippen molar-refractivity contribution in [2.24, 2.45) is 0 Å². The van der Waals surface area contributed by atoms with Crippen molar-refractivity contribution >= 4 is 6.08 Å². The van der Waals surface area contributed by atoms with E-state index in [0.29, 0.717) is 0 Å². The molecule has 0 atom stereocenters. The maximum atomic E-state index is 5.44. The van der Waals surface area contributed by atoms with Crippen LogP contribution in [-0.4, -0.2) is 25.1 Å². The van der Waals surface area contributed by atoms with E-state index in [1.165, 1.54) is 11.1 Å². The molecule has 0 aliphatic carbocycles. The molecule has 0 unspecified atom stereocenters. The predicted molar refractivity (Wildman–Crippen MR) is 114 cm³/mol. The lowest BCUT2D eigenvalue weighted by molar-refractivity contribution is 0.298. The van der Waals surface area contributed by atoms with Crippen molar-refractivity contribution in [1.82, 2.24) is 4.90 Å². The summed E-state index contributed by atoms with van der Waals surface area (Å²) in [5, 5.41) is 0. The molecule has 0 aliphatic rings. The van der Waals surface area contributed by atoms with Gasteiger partial charge in [-0.25, -0.2) is 0 Å².